The van der Waals surface area contributed by atoms with E-state index in [1.807, 2.05) is 60.7 Å². The van der Waals surface area contributed by atoms with Gasteiger partial charge in [0.15, 0.2) is 5.75 Å². The first-order valence-corrected chi connectivity index (χ1v) is 7.52. The smallest absolute Gasteiger partial charge is 0.248 e. The minimum Gasteiger partial charge on any atom is -0.455 e. The van der Waals surface area contributed by atoms with E-state index in [9.17, 15) is 4.79 Å². The van der Waals surface area contributed by atoms with Crippen molar-refractivity contribution in [3.8, 4) is 11.5 Å². The van der Waals surface area contributed by atoms with Gasteiger partial charge in [-0.15, -0.1) is 0 Å². The average Bonchev–Trinajstić information content (AvgIpc) is 2.63. The Bertz CT molecular complexity index is 831. The van der Waals surface area contributed by atoms with E-state index in [0.29, 0.717) is 17.2 Å². The van der Waals surface area contributed by atoms with Crippen molar-refractivity contribution < 1.29 is 9.53 Å². The molecule has 0 saturated carbocycles. The van der Waals surface area contributed by atoms with Gasteiger partial charge in [-0.2, -0.15) is 0 Å². The van der Waals surface area contributed by atoms with Crippen LogP contribution in [0.3, 0.4) is 0 Å². The number of rotatable bonds is 5. The molecule has 1 aromatic heterocycles. The summed E-state index contributed by atoms with van der Waals surface area (Å²) in [6.07, 6.45) is 6.56. The Labute approximate surface area is 140 Å². The summed E-state index contributed by atoms with van der Waals surface area (Å²) in [6.45, 7) is 0. The zero-order chi connectivity index (χ0) is 16.6. The number of hydrogen-bond donors (Lipinski definition) is 1. The van der Waals surface area contributed by atoms with Gasteiger partial charge in [-0.05, 0) is 42.0 Å². The third-order valence-corrected chi connectivity index (χ3v) is 3.23. The molecule has 0 aliphatic carbocycles. The number of benzene rings is 2. The van der Waals surface area contributed by atoms with Crippen molar-refractivity contribution in [1.29, 1.82) is 0 Å². The van der Waals surface area contributed by atoms with Gasteiger partial charge in [0.25, 0.3) is 0 Å². The summed E-state index contributed by atoms with van der Waals surface area (Å²) in [4.78, 5) is 16.1. The summed E-state index contributed by atoms with van der Waals surface area (Å²) in [5, 5.41) is 2.83. The van der Waals surface area contributed by atoms with Gasteiger partial charge in [0.05, 0.1) is 5.69 Å². The lowest BCUT2D eigenvalue weighted by molar-refractivity contribution is -0.111. The third-order valence-electron chi connectivity index (χ3n) is 3.23. The Morgan fingerprint density at radius 3 is 2.54 bits per heavy atom. The molecule has 4 heteroatoms. The molecule has 3 aromatic rings. The first-order chi connectivity index (χ1) is 11.8. The molecule has 0 aliphatic rings. The molecule has 0 spiro atoms. The number of amides is 1. The van der Waals surface area contributed by atoms with Gasteiger partial charge in [-0.25, -0.2) is 0 Å². The number of carbonyl (C=O) groups excluding carboxylic acids is 1. The number of hydrogen-bond acceptors (Lipinski definition) is 3. The normalized spacial score (nSPS) is 10.5. The van der Waals surface area contributed by atoms with Crippen molar-refractivity contribution in [3.63, 3.8) is 0 Å². The van der Waals surface area contributed by atoms with E-state index in [2.05, 4.69) is 10.3 Å². The van der Waals surface area contributed by atoms with Crippen molar-refractivity contribution in [2.45, 2.75) is 0 Å². The van der Waals surface area contributed by atoms with Crippen LogP contribution in [-0.4, -0.2) is 10.9 Å². The van der Waals surface area contributed by atoms with Crippen molar-refractivity contribution in [2.75, 3.05) is 5.32 Å². The Balaban J connectivity index is 1.71. The highest BCUT2D eigenvalue weighted by Crippen LogP contribution is 2.29. The standard InChI is InChI=1S/C20H16N2O2/c23-20(13-12-16-7-6-14-21-15-16)22-18-10-4-5-11-19(18)24-17-8-2-1-3-9-17/h1-15H,(H,22,23)/b13-12+. The molecule has 1 heterocycles. The van der Waals surface area contributed by atoms with E-state index >= 15 is 0 Å². The summed E-state index contributed by atoms with van der Waals surface area (Å²) < 4.78 is 5.82. The zero-order valence-corrected chi connectivity index (χ0v) is 12.9. The van der Waals surface area contributed by atoms with E-state index in [0.717, 1.165) is 5.56 Å². The van der Waals surface area contributed by atoms with E-state index in [4.69, 9.17) is 4.74 Å². The molecule has 3 rings (SSSR count). The molecule has 0 aliphatic heterocycles. The second kappa shape index (κ2) is 7.74. The molecular weight excluding hydrogens is 300 g/mol. The van der Waals surface area contributed by atoms with Crippen LogP contribution in [0.2, 0.25) is 0 Å². The maximum atomic E-state index is 12.1. The minimum absolute atomic E-state index is 0.233. The number of nitrogens with zero attached hydrogens (tertiary/aromatic N) is 1. The second-order valence-corrected chi connectivity index (χ2v) is 5.02. The Morgan fingerprint density at radius 1 is 0.958 bits per heavy atom. The summed E-state index contributed by atoms with van der Waals surface area (Å²) in [6, 6.07) is 20.5. The van der Waals surface area contributed by atoms with Crippen LogP contribution in [-0.2, 0) is 4.79 Å². The number of para-hydroxylation sites is 3. The first kappa shape index (κ1) is 15.5. The molecule has 0 atom stereocenters. The van der Waals surface area contributed by atoms with E-state index in [1.54, 1.807) is 24.5 Å². The predicted octanol–water partition coefficient (Wildman–Crippen LogP) is 4.53. The van der Waals surface area contributed by atoms with Crippen LogP contribution in [0.4, 0.5) is 5.69 Å². The van der Waals surface area contributed by atoms with Crippen molar-refractivity contribution in [2.24, 2.45) is 0 Å². The number of carbonyl (C=O) groups is 1. The van der Waals surface area contributed by atoms with Gasteiger partial charge >= 0.3 is 0 Å². The molecule has 4 nitrogen and oxygen atoms in total. The molecule has 1 N–H and O–H groups in total. The van der Waals surface area contributed by atoms with Gasteiger partial charge < -0.3 is 10.1 Å². The Kier molecular flexibility index (Phi) is 5.00. The highest BCUT2D eigenvalue weighted by molar-refractivity contribution is 6.02. The molecule has 0 bridgehead atoms. The van der Waals surface area contributed by atoms with Crippen LogP contribution in [0.15, 0.2) is 85.2 Å². The number of ether oxygens (including phenoxy) is 1. The maximum absolute atomic E-state index is 12.1. The molecule has 2 aromatic carbocycles. The predicted molar refractivity (Wildman–Crippen MR) is 94.9 cm³/mol. The number of aromatic nitrogens is 1. The van der Waals surface area contributed by atoms with Crippen LogP contribution in [0.25, 0.3) is 6.08 Å². The molecular formula is C20H16N2O2. The fourth-order valence-corrected chi connectivity index (χ4v) is 2.10. The van der Waals surface area contributed by atoms with Crippen LogP contribution >= 0.6 is 0 Å². The fraction of sp³-hybridized carbons (Fsp3) is 0. The van der Waals surface area contributed by atoms with Gasteiger partial charge in [0.2, 0.25) is 5.91 Å². The van der Waals surface area contributed by atoms with Gasteiger partial charge in [0.1, 0.15) is 5.75 Å². The van der Waals surface area contributed by atoms with E-state index in [1.165, 1.54) is 6.08 Å². The Morgan fingerprint density at radius 2 is 1.75 bits per heavy atom. The lowest BCUT2D eigenvalue weighted by Crippen LogP contribution is -2.08. The monoisotopic (exact) mass is 316 g/mol. The van der Waals surface area contributed by atoms with Crippen LogP contribution in [0, 0.1) is 0 Å². The molecule has 0 fully saturated rings. The second-order valence-electron chi connectivity index (χ2n) is 5.02. The lowest BCUT2D eigenvalue weighted by atomic mass is 10.2. The first-order valence-electron chi connectivity index (χ1n) is 7.52. The topological polar surface area (TPSA) is 51.2 Å². The molecule has 0 unspecified atom stereocenters. The summed E-state index contributed by atoms with van der Waals surface area (Å²) >= 11 is 0. The molecule has 118 valence electrons. The SMILES string of the molecule is O=C(/C=C/c1cccnc1)Nc1ccccc1Oc1ccccc1. The van der Waals surface area contributed by atoms with Crippen molar-refractivity contribution >= 4 is 17.7 Å². The third kappa shape index (κ3) is 4.30. The minimum atomic E-state index is -0.233. The van der Waals surface area contributed by atoms with Crippen molar-refractivity contribution in [1.82, 2.24) is 4.98 Å². The number of pyridine rings is 1. The van der Waals surface area contributed by atoms with Crippen molar-refractivity contribution in [3.05, 3.63) is 90.8 Å². The summed E-state index contributed by atoms with van der Waals surface area (Å²) in [5.74, 6) is 1.07. The highest BCUT2D eigenvalue weighted by Gasteiger charge is 2.06. The van der Waals surface area contributed by atoms with E-state index < -0.39 is 0 Å². The van der Waals surface area contributed by atoms with E-state index in [-0.39, 0.29) is 5.91 Å². The molecule has 0 radical (unpaired) electrons. The molecule has 1 amide bonds. The summed E-state index contributed by atoms with van der Waals surface area (Å²) in [7, 11) is 0. The maximum Gasteiger partial charge on any atom is 0.248 e. The molecule has 24 heavy (non-hydrogen) atoms. The van der Waals surface area contributed by atoms with Gasteiger partial charge in [-0.1, -0.05) is 36.4 Å². The molecule has 0 saturated heterocycles. The number of anilines is 1. The fourth-order valence-electron chi connectivity index (χ4n) is 2.10. The quantitative estimate of drug-likeness (QED) is 0.704. The van der Waals surface area contributed by atoms with Gasteiger partial charge in [-0.3, -0.25) is 9.78 Å². The Hall–Kier alpha value is -3.40. The lowest BCUT2D eigenvalue weighted by Gasteiger charge is -2.11. The summed E-state index contributed by atoms with van der Waals surface area (Å²) in [5.41, 5.74) is 1.48. The zero-order valence-electron chi connectivity index (χ0n) is 12.9. The average molecular weight is 316 g/mol. The van der Waals surface area contributed by atoms with Crippen LogP contribution in [0.5, 0.6) is 11.5 Å². The van der Waals surface area contributed by atoms with Crippen LogP contribution < -0.4 is 10.1 Å². The van der Waals surface area contributed by atoms with Gasteiger partial charge in [0, 0.05) is 18.5 Å². The number of nitrogens with one attached hydrogen (secondary N) is 1. The highest BCUT2D eigenvalue weighted by atomic mass is 16.5. The van der Waals surface area contributed by atoms with Crippen LogP contribution in [0.1, 0.15) is 5.56 Å². The largest absolute Gasteiger partial charge is 0.455 e.